The van der Waals surface area contributed by atoms with Crippen molar-refractivity contribution in [2.24, 2.45) is 0 Å². The monoisotopic (exact) mass is 418 g/mol. The summed E-state index contributed by atoms with van der Waals surface area (Å²) in [6.45, 7) is 4.22. The third-order valence-electron chi connectivity index (χ3n) is 4.62. The van der Waals surface area contributed by atoms with Crippen molar-refractivity contribution in [3.63, 3.8) is 0 Å². The van der Waals surface area contributed by atoms with Gasteiger partial charge in [0.1, 0.15) is 11.5 Å². The maximum Gasteiger partial charge on any atom is 0.262 e. The first-order chi connectivity index (χ1) is 15.0. The second-order valence-electron chi connectivity index (χ2n) is 7.12. The summed E-state index contributed by atoms with van der Waals surface area (Å²) < 4.78 is 11.2. The first kappa shape index (κ1) is 21.9. The van der Waals surface area contributed by atoms with E-state index in [0.717, 1.165) is 11.3 Å². The molecule has 0 spiro atoms. The Morgan fingerprint density at radius 3 is 2.19 bits per heavy atom. The number of anilines is 2. The third-order valence-corrected chi connectivity index (χ3v) is 4.62. The molecule has 0 bridgehead atoms. The largest absolute Gasteiger partial charge is 0.493 e. The highest BCUT2D eigenvalue weighted by molar-refractivity contribution is 5.92. The number of ether oxygens (including phenoxy) is 2. The lowest BCUT2D eigenvalue weighted by molar-refractivity contribution is -0.118. The van der Waals surface area contributed by atoms with E-state index in [4.69, 9.17) is 9.47 Å². The maximum atomic E-state index is 12.2. The van der Waals surface area contributed by atoms with E-state index < -0.39 is 0 Å². The van der Waals surface area contributed by atoms with E-state index in [0.29, 0.717) is 17.1 Å². The third kappa shape index (κ3) is 7.19. The normalized spacial score (nSPS) is 10.3. The van der Waals surface area contributed by atoms with E-state index in [1.165, 1.54) is 5.56 Å². The molecule has 3 aromatic carbocycles. The lowest BCUT2D eigenvalue weighted by Crippen LogP contribution is -2.20. The van der Waals surface area contributed by atoms with Crippen LogP contribution in [0, 0.1) is 13.8 Å². The van der Waals surface area contributed by atoms with Crippen molar-refractivity contribution in [1.82, 2.24) is 0 Å². The zero-order valence-corrected chi connectivity index (χ0v) is 17.7. The summed E-state index contributed by atoms with van der Waals surface area (Å²) in [4.78, 5) is 24.2. The number of carbonyl (C=O) groups is 2. The van der Waals surface area contributed by atoms with Crippen molar-refractivity contribution in [3.05, 3.63) is 83.9 Å². The van der Waals surface area contributed by atoms with Gasteiger partial charge in [0.15, 0.2) is 6.61 Å². The predicted molar refractivity (Wildman–Crippen MR) is 122 cm³/mol. The molecule has 0 saturated carbocycles. The maximum absolute atomic E-state index is 12.2. The van der Waals surface area contributed by atoms with Gasteiger partial charge in [0.25, 0.3) is 5.91 Å². The standard InChI is InChI=1S/C25H26N2O4/c1-18-11-12-23(15-19(18)2)30-14-13-24(28)27-21-9-6-10-22(16-21)31-17-25(29)26-20-7-4-3-5-8-20/h3-12,15-16H,13-14,17H2,1-2H3,(H,26,29)(H,27,28). The number of nitrogens with one attached hydrogen (secondary N) is 2. The second kappa shape index (κ2) is 10.8. The van der Waals surface area contributed by atoms with E-state index >= 15 is 0 Å². The summed E-state index contributed by atoms with van der Waals surface area (Å²) in [6, 6.07) is 22.0. The molecule has 160 valence electrons. The topological polar surface area (TPSA) is 76.7 Å². The number of hydrogen-bond acceptors (Lipinski definition) is 4. The fourth-order valence-electron chi connectivity index (χ4n) is 2.82. The zero-order chi connectivity index (χ0) is 22.1. The number of benzene rings is 3. The molecule has 0 aliphatic carbocycles. The predicted octanol–water partition coefficient (Wildman–Crippen LogP) is 4.73. The Kier molecular flexibility index (Phi) is 7.65. The average molecular weight is 418 g/mol. The highest BCUT2D eigenvalue weighted by Gasteiger charge is 2.07. The molecule has 0 aliphatic rings. The average Bonchev–Trinajstić information content (AvgIpc) is 2.76. The van der Waals surface area contributed by atoms with Gasteiger partial charge in [0.2, 0.25) is 5.91 Å². The first-order valence-electron chi connectivity index (χ1n) is 10.1. The summed E-state index contributed by atoms with van der Waals surface area (Å²) in [5.74, 6) is 0.819. The number of hydrogen-bond donors (Lipinski definition) is 2. The van der Waals surface area contributed by atoms with Gasteiger partial charge in [-0.05, 0) is 61.4 Å². The van der Waals surface area contributed by atoms with Gasteiger partial charge in [-0.15, -0.1) is 0 Å². The molecular weight excluding hydrogens is 392 g/mol. The minimum atomic E-state index is -0.260. The van der Waals surface area contributed by atoms with Crippen molar-refractivity contribution >= 4 is 23.2 Å². The molecular formula is C25H26N2O4. The SMILES string of the molecule is Cc1ccc(OCCC(=O)Nc2cccc(OCC(=O)Nc3ccccc3)c2)cc1C. The zero-order valence-electron chi connectivity index (χ0n) is 17.7. The van der Waals surface area contributed by atoms with Crippen LogP contribution in [-0.2, 0) is 9.59 Å². The summed E-state index contributed by atoms with van der Waals surface area (Å²) in [5.41, 5.74) is 3.65. The van der Waals surface area contributed by atoms with Crippen LogP contribution in [0.3, 0.4) is 0 Å². The lowest BCUT2D eigenvalue weighted by atomic mass is 10.1. The van der Waals surface area contributed by atoms with E-state index in [1.807, 2.05) is 50.2 Å². The van der Waals surface area contributed by atoms with Gasteiger partial charge in [-0.3, -0.25) is 9.59 Å². The van der Waals surface area contributed by atoms with Gasteiger partial charge in [-0.1, -0.05) is 30.3 Å². The molecule has 0 heterocycles. The van der Waals surface area contributed by atoms with Crippen LogP contribution in [0.2, 0.25) is 0 Å². The number of rotatable bonds is 9. The van der Waals surface area contributed by atoms with Crippen molar-refractivity contribution in [2.75, 3.05) is 23.8 Å². The molecule has 0 aromatic heterocycles. The van der Waals surface area contributed by atoms with Crippen LogP contribution in [-0.4, -0.2) is 25.0 Å². The number of carbonyl (C=O) groups excluding carboxylic acids is 2. The van der Waals surface area contributed by atoms with Crippen molar-refractivity contribution < 1.29 is 19.1 Å². The molecule has 0 unspecified atom stereocenters. The van der Waals surface area contributed by atoms with Gasteiger partial charge in [0.05, 0.1) is 13.0 Å². The van der Waals surface area contributed by atoms with Crippen LogP contribution >= 0.6 is 0 Å². The molecule has 2 amide bonds. The summed E-state index contributed by atoms with van der Waals surface area (Å²) in [6.07, 6.45) is 0.220. The molecule has 3 aromatic rings. The first-order valence-corrected chi connectivity index (χ1v) is 10.1. The Bertz CT molecular complexity index is 1030. The van der Waals surface area contributed by atoms with Crippen LogP contribution in [0.25, 0.3) is 0 Å². The van der Waals surface area contributed by atoms with Gasteiger partial charge in [0, 0.05) is 17.4 Å². The molecule has 0 atom stereocenters. The van der Waals surface area contributed by atoms with E-state index in [1.54, 1.807) is 36.4 Å². The quantitative estimate of drug-likeness (QED) is 0.527. The molecule has 0 radical (unpaired) electrons. The van der Waals surface area contributed by atoms with Gasteiger partial charge in [-0.2, -0.15) is 0 Å². The van der Waals surface area contributed by atoms with Crippen LogP contribution in [0.5, 0.6) is 11.5 Å². The summed E-state index contributed by atoms with van der Waals surface area (Å²) in [7, 11) is 0. The Labute approximate surface area is 182 Å². The summed E-state index contributed by atoms with van der Waals surface area (Å²) >= 11 is 0. The Hall–Kier alpha value is -3.80. The molecule has 0 saturated heterocycles. The number of para-hydroxylation sites is 1. The highest BCUT2D eigenvalue weighted by atomic mass is 16.5. The van der Waals surface area contributed by atoms with Gasteiger partial charge < -0.3 is 20.1 Å². The van der Waals surface area contributed by atoms with Gasteiger partial charge in [-0.25, -0.2) is 0 Å². The molecule has 6 nitrogen and oxygen atoms in total. The summed E-state index contributed by atoms with van der Waals surface area (Å²) in [5, 5.41) is 5.57. The molecule has 3 rings (SSSR count). The fourth-order valence-corrected chi connectivity index (χ4v) is 2.82. The van der Waals surface area contributed by atoms with Gasteiger partial charge >= 0.3 is 0 Å². The molecule has 6 heteroatoms. The minimum Gasteiger partial charge on any atom is -0.493 e. The second-order valence-corrected chi connectivity index (χ2v) is 7.12. The smallest absolute Gasteiger partial charge is 0.262 e. The van der Waals surface area contributed by atoms with Crippen molar-refractivity contribution in [1.29, 1.82) is 0 Å². The van der Waals surface area contributed by atoms with Crippen molar-refractivity contribution in [3.8, 4) is 11.5 Å². The van der Waals surface area contributed by atoms with E-state index in [2.05, 4.69) is 10.6 Å². The Morgan fingerprint density at radius 1 is 0.710 bits per heavy atom. The van der Waals surface area contributed by atoms with Crippen LogP contribution in [0.15, 0.2) is 72.8 Å². The fraction of sp³-hybridized carbons (Fsp3) is 0.200. The van der Waals surface area contributed by atoms with Crippen LogP contribution in [0.1, 0.15) is 17.5 Å². The van der Waals surface area contributed by atoms with E-state index in [-0.39, 0.29) is 31.4 Å². The molecule has 0 fully saturated rings. The Morgan fingerprint density at radius 2 is 1.42 bits per heavy atom. The van der Waals surface area contributed by atoms with E-state index in [9.17, 15) is 9.59 Å². The Balaban J connectivity index is 1.43. The lowest BCUT2D eigenvalue weighted by Gasteiger charge is -2.11. The number of amides is 2. The minimum absolute atomic E-state index is 0.129. The van der Waals surface area contributed by atoms with Crippen molar-refractivity contribution in [2.45, 2.75) is 20.3 Å². The molecule has 2 N–H and O–H groups in total. The van der Waals surface area contributed by atoms with Crippen LogP contribution in [0.4, 0.5) is 11.4 Å². The number of aryl methyl sites for hydroxylation is 2. The molecule has 31 heavy (non-hydrogen) atoms. The van der Waals surface area contributed by atoms with Crippen LogP contribution < -0.4 is 20.1 Å². The molecule has 0 aliphatic heterocycles. The highest BCUT2D eigenvalue weighted by Crippen LogP contribution is 2.19.